The zero-order valence-corrected chi connectivity index (χ0v) is 7.23. The van der Waals surface area contributed by atoms with Crippen LogP contribution in [0.5, 0.6) is 0 Å². The normalized spacial score (nSPS) is 25.0. The van der Waals surface area contributed by atoms with Crippen LogP contribution in [0.25, 0.3) is 0 Å². The minimum atomic E-state index is -0.245. The lowest BCUT2D eigenvalue weighted by atomic mass is 9.91. The summed E-state index contributed by atoms with van der Waals surface area (Å²) in [5.41, 5.74) is 0.894. The van der Waals surface area contributed by atoms with Gasteiger partial charge in [-0.1, -0.05) is 24.3 Å². The number of fused-ring (bicyclic) bond motifs is 1. The Hall–Kier alpha value is -1.64. The van der Waals surface area contributed by atoms with Crippen LogP contribution in [0, 0.1) is 5.92 Å². The van der Waals surface area contributed by atoms with E-state index in [9.17, 15) is 4.79 Å². The molecule has 0 saturated heterocycles. The third-order valence-electron chi connectivity index (χ3n) is 2.11. The zero-order valence-electron chi connectivity index (χ0n) is 7.23. The van der Waals surface area contributed by atoms with Gasteiger partial charge >= 0.3 is 0 Å². The Morgan fingerprint density at radius 3 is 3.08 bits per heavy atom. The fourth-order valence-electron chi connectivity index (χ4n) is 1.44. The Kier molecular flexibility index (Phi) is 1.85. The van der Waals surface area contributed by atoms with Crippen molar-refractivity contribution >= 4 is 12.1 Å². The number of ether oxygens (including phenoxy) is 1. The summed E-state index contributed by atoms with van der Waals surface area (Å²) in [4.78, 5) is 15.1. The minimum absolute atomic E-state index is 0.128. The van der Waals surface area contributed by atoms with E-state index in [-0.39, 0.29) is 11.8 Å². The Morgan fingerprint density at radius 1 is 1.46 bits per heavy atom. The third kappa shape index (κ3) is 1.22. The first-order valence-electron chi connectivity index (χ1n) is 4.04. The third-order valence-corrected chi connectivity index (χ3v) is 2.11. The number of hydrogen-bond donors (Lipinski definition) is 0. The van der Waals surface area contributed by atoms with Gasteiger partial charge in [-0.2, -0.15) is 0 Å². The highest BCUT2D eigenvalue weighted by Gasteiger charge is 2.25. The number of carbonyl (C=O) groups excluding carboxylic acids is 1. The summed E-state index contributed by atoms with van der Waals surface area (Å²) >= 11 is 0. The molecule has 3 heteroatoms. The average Bonchev–Trinajstić information content (AvgIpc) is 2.19. The summed E-state index contributed by atoms with van der Waals surface area (Å²) in [5, 5.41) is 0. The predicted molar refractivity (Wildman–Crippen MR) is 49.3 cm³/mol. The van der Waals surface area contributed by atoms with Crippen molar-refractivity contribution in [3.63, 3.8) is 0 Å². The number of dihydropyridines is 1. The summed E-state index contributed by atoms with van der Waals surface area (Å²) in [6, 6.07) is 0. The molecule has 0 radical (unpaired) electrons. The monoisotopic (exact) mass is 175 g/mol. The molecule has 0 bridgehead atoms. The van der Waals surface area contributed by atoms with Gasteiger partial charge in [-0.25, -0.2) is 4.99 Å². The number of nitrogens with zero attached hydrogens (tertiary/aromatic N) is 1. The van der Waals surface area contributed by atoms with E-state index < -0.39 is 0 Å². The maximum Gasteiger partial charge on any atom is 0.257 e. The number of aliphatic imine (C=N–C) groups is 1. The highest BCUT2D eigenvalue weighted by molar-refractivity contribution is 5.99. The van der Waals surface area contributed by atoms with E-state index in [0.29, 0.717) is 5.76 Å². The highest BCUT2D eigenvalue weighted by atomic mass is 16.5. The van der Waals surface area contributed by atoms with Crippen molar-refractivity contribution in [1.29, 1.82) is 0 Å². The van der Waals surface area contributed by atoms with Gasteiger partial charge < -0.3 is 4.74 Å². The number of hydrogen-bond acceptors (Lipinski definition) is 2. The molecule has 0 aromatic carbocycles. The maximum atomic E-state index is 11.3. The summed E-state index contributed by atoms with van der Waals surface area (Å²) in [6.45, 7) is 0. The molecule has 66 valence electrons. The van der Waals surface area contributed by atoms with Gasteiger partial charge in [0, 0.05) is 5.57 Å². The Labute approximate surface area is 76.1 Å². The lowest BCUT2D eigenvalue weighted by molar-refractivity contribution is -0.119. The molecule has 3 nitrogen and oxygen atoms in total. The minimum Gasteiger partial charge on any atom is -0.495 e. The molecule has 0 N–H and O–H groups in total. The topological polar surface area (TPSA) is 38.7 Å². The highest BCUT2D eigenvalue weighted by Crippen LogP contribution is 2.26. The molecule has 2 rings (SSSR count). The van der Waals surface area contributed by atoms with Crippen LogP contribution in [-0.2, 0) is 9.53 Å². The van der Waals surface area contributed by atoms with E-state index >= 15 is 0 Å². The van der Waals surface area contributed by atoms with Crippen LogP contribution in [0.3, 0.4) is 0 Å². The average molecular weight is 175 g/mol. The Balaban J connectivity index is 2.48. The van der Waals surface area contributed by atoms with Crippen molar-refractivity contribution in [1.82, 2.24) is 0 Å². The molecule has 0 aromatic heterocycles. The molecule has 2 aliphatic rings. The number of methoxy groups -OCH3 is 1. The van der Waals surface area contributed by atoms with Gasteiger partial charge in [0.2, 0.25) is 0 Å². The summed E-state index contributed by atoms with van der Waals surface area (Å²) in [5.74, 6) is 0.298. The smallest absolute Gasteiger partial charge is 0.257 e. The molecule has 1 aliphatic carbocycles. The molecular formula is C10H9NO2. The van der Waals surface area contributed by atoms with Crippen molar-refractivity contribution in [3.05, 3.63) is 35.6 Å². The summed E-state index contributed by atoms with van der Waals surface area (Å²) in [7, 11) is 1.58. The van der Waals surface area contributed by atoms with E-state index in [1.54, 1.807) is 7.11 Å². The molecule has 1 heterocycles. The van der Waals surface area contributed by atoms with E-state index in [1.807, 2.05) is 24.3 Å². The molecule has 13 heavy (non-hydrogen) atoms. The fraction of sp³-hybridized carbons (Fsp3) is 0.200. The molecule has 1 unspecified atom stereocenters. The van der Waals surface area contributed by atoms with Gasteiger partial charge in [-0.05, 0) is 0 Å². The molecule has 1 aliphatic heterocycles. The largest absolute Gasteiger partial charge is 0.495 e. The van der Waals surface area contributed by atoms with Crippen LogP contribution in [0.4, 0.5) is 0 Å². The number of rotatable bonds is 1. The van der Waals surface area contributed by atoms with Gasteiger partial charge in [-0.3, -0.25) is 4.79 Å². The summed E-state index contributed by atoms with van der Waals surface area (Å²) < 4.78 is 5.10. The summed E-state index contributed by atoms with van der Waals surface area (Å²) in [6.07, 6.45) is 8.91. The molecular weight excluding hydrogens is 166 g/mol. The maximum absolute atomic E-state index is 11.3. The number of amides is 1. The van der Waals surface area contributed by atoms with Crippen molar-refractivity contribution in [2.75, 3.05) is 7.11 Å². The quantitative estimate of drug-likeness (QED) is 0.601. The molecule has 0 aromatic rings. The van der Waals surface area contributed by atoms with Gasteiger partial charge in [-0.15, -0.1) is 0 Å². The fourth-order valence-corrected chi connectivity index (χ4v) is 1.44. The number of carbonyl (C=O) groups is 1. The Bertz CT molecular complexity index is 361. The molecule has 1 atom stereocenters. The molecule has 0 spiro atoms. The zero-order chi connectivity index (χ0) is 9.26. The van der Waals surface area contributed by atoms with E-state index in [2.05, 4.69) is 4.99 Å². The molecule has 0 saturated carbocycles. The molecule has 1 amide bonds. The number of allylic oxidation sites excluding steroid dienone is 4. The van der Waals surface area contributed by atoms with Crippen LogP contribution in [0.1, 0.15) is 0 Å². The van der Waals surface area contributed by atoms with Gasteiger partial charge in [0.1, 0.15) is 5.76 Å². The van der Waals surface area contributed by atoms with E-state index in [1.165, 1.54) is 6.21 Å². The van der Waals surface area contributed by atoms with Crippen LogP contribution < -0.4 is 0 Å². The first-order valence-corrected chi connectivity index (χ1v) is 4.04. The van der Waals surface area contributed by atoms with Gasteiger partial charge in [0.25, 0.3) is 5.91 Å². The Morgan fingerprint density at radius 2 is 2.31 bits per heavy atom. The first-order chi connectivity index (χ1) is 6.33. The van der Waals surface area contributed by atoms with Crippen LogP contribution in [-0.4, -0.2) is 19.2 Å². The van der Waals surface area contributed by atoms with Crippen molar-refractivity contribution in [2.45, 2.75) is 0 Å². The molecule has 0 fully saturated rings. The first kappa shape index (κ1) is 7.98. The second-order valence-electron chi connectivity index (χ2n) is 2.84. The standard InChI is InChI=1S/C10H9NO2/c1-13-9-6-11-10(12)8-5-3-2-4-7(8)9/h2-6,8H,1H3. The van der Waals surface area contributed by atoms with E-state index in [0.717, 1.165) is 5.57 Å². The van der Waals surface area contributed by atoms with Crippen molar-refractivity contribution in [2.24, 2.45) is 10.9 Å². The van der Waals surface area contributed by atoms with E-state index in [4.69, 9.17) is 4.74 Å². The van der Waals surface area contributed by atoms with Gasteiger partial charge in [0.05, 0.1) is 19.2 Å². The van der Waals surface area contributed by atoms with Crippen molar-refractivity contribution < 1.29 is 9.53 Å². The lowest BCUT2D eigenvalue weighted by Crippen LogP contribution is -2.20. The van der Waals surface area contributed by atoms with Gasteiger partial charge in [0.15, 0.2) is 0 Å². The van der Waals surface area contributed by atoms with Crippen LogP contribution in [0.2, 0.25) is 0 Å². The van der Waals surface area contributed by atoms with Crippen LogP contribution >= 0.6 is 0 Å². The second-order valence-corrected chi connectivity index (χ2v) is 2.84. The van der Waals surface area contributed by atoms with Crippen molar-refractivity contribution in [3.8, 4) is 0 Å². The lowest BCUT2D eigenvalue weighted by Gasteiger charge is -2.19. The second kappa shape index (κ2) is 3.01. The van der Waals surface area contributed by atoms with Crippen LogP contribution in [0.15, 0.2) is 40.6 Å². The SMILES string of the molecule is COC1=C2C=CC=CC2C(=O)N=C1. The predicted octanol–water partition coefficient (Wildman–Crippen LogP) is 1.24.